The molecule has 2 heterocycles. The third-order valence-corrected chi connectivity index (χ3v) is 5.62. The van der Waals surface area contributed by atoms with Gasteiger partial charge in [0, 0.05) is 37.7 Å². The summed E-state index contributed by atoms with van der Waals surface area (Å²) in [5, 5.41) is 8.17. The first-order chi connectivity index (χ1) is 15.3. The highest BCUT2D eigenvalue weighted by Gasteiger charge is 2.18. The number of carbonyl (C=O) groups is 2. The fourth-order valence-electron chi connectivity index (χ4n) is 3.73. The predicted octanol–water partition coefficient (Wildman–Crippen LogP) is 4.37. The van der Waals surface area contributed by atoms with Gasteiger partial charge in [0.2, 0.25) is 5.91 Å². The Morgan fingerprint density at radius 2 is 1.81 bits per heavy atom. The lowest BCUT2D eigenvalue weighted by Crippen LogP contribution is -2.31. The van der Waals surface area contributed by atoms with Crippen LogP contribution < -0.4 is 5.32 Å². The summed E-state index contributed by atoms with van der Waals surface area (Å²) in [5.41, 5.74) is 4.10. The maximum Gasteiger partial charge on any atom is 0.252 e. The summed E-state index contributed by atoms with van der Waals surface area (Å²) in [6.45, 7) is 11.9. The van der Waals surface area contributed by atoms with Gasteiger partial charge < -0.3 is 10.2 Å². The second-order valence-corrected chi connectivity index (χ2v) is 8.27. The molecule has 0 spiro atoms. The molecule has 3 rings (SSSR count). The zero-order valence-electron chi connectivity index (χ0n) is 19.7. The summed E-state index contributed by atoms with van der Waals surface area (Å²) in [4.78, 5) is 31.9. The minimum atomic E-state index is -0.177. The van der Waals surface area contributed by atoms with E-state index in [-0.39, 0.29) is 17.9 Å². The van der Waals surface area contributed by atoms with Crippen molar-refractivity contribution >= 4 is 22.8 Å². The molecule has 32 heavy (non-hydrogen) atoms. The first-order valence-corrected chi connectivity index (χ1v) is 11.4. The second kappa shape index (κ2) is 10.4. The van der Waals surface area contributed by atoms with Gasteiger partial charge in [-0.15, -0.1) is 0 Å². The highest BCUT2D eigenvalue weighted by atomic mass is 16.2. The zero-order valence-corrected chi connectivity index (χ0v) is 19.7. The average molecular weight is 436 g/mol. The van der Waals surface area contributed by atoms with Gasteiger partial charge in [-0.05, 0) is 47.1 Å². The summed E-state index contributed by atoms with van der Waals surface area (Å²) >= 11 is 0. The van der Waals surface area contributed by atoms with Gasteiger partial charge in [0.1, 0.15) is 0 Å². The van der Waals surface area contributed by atoms with E-state index in [0.29, 0.717) is 43.7 Å². The molecule has 2 amide bonds. The number of rotatable bonds is 9. The van der Waals surface area contributed by atoms with Crippen LogP contribution in [0.5, 0.6) is 0 Å². The fourth-order valence-corrected chi connectivity index (χ4v) is 3.73. The molecule has 0 aliphatic rings. The number of aromatic nitrogens is 3. The maximum atomic E-state index is 13.1. The van der Waals surface area contributed by atoms with Crippen molar-refractivity contribution in [1.82, 2.24) is 25.0 Å². The quantitative estimate of drug-likeness (QED) is 0.506. The molecule has 0 aliphatic heterocycles. The molecule has 0 bridgehead atoms. The Hall–Kier alpha value is -3.22. The van der Waals surface area contributed by atoms with Gasteiger partial charge in [0.15, 0.2) is 5.65 Å². The number of amides is 2. The lowest BCUT2D eigenvalue weighted by molar-refractivity contribution is -0.130. The van der Waals surface area contributed by atoms with E-state index >= 15 is 0 Å². The topological polar surface area (TPSA) is 80.1 Å². The third kappa shape index (κ3) is 5.15. The van der Waals surface area contributed by atoms with E-state index < -0.39 is 0 Å². The van der Waals surface area contributed by atoms with Crippen molar-refractivity contribution in [1.29, 1.82) is 0 Å². The number of carbonyl (C=O) groups excluding carboxylic acids is 2. The molecule has 2 aromatic heterocycles. The van der Waals surface area contributed by atoms with Gasteiger partial charge in [0.05, 0.1) is 22.8 Å². The molecule has 0 saturated heterocycles. The van der Waals surface area contributed by atoms with Crippen LogP contribution in [0, 0.1) is 6.92 Å². The summed E-state index contributed by atoms with van der Waals surface area (Å²) in [5.74, 6) is -0.0558. The van der Waals surface area contributed by atoms with Crippen LogP contribution >= 0.6 is 0 Å². The van der Waals surface area contributed by atoms with E-state index in [1.807, 2.05) is 74.5 Å². The Kier molecular flexibility index (Phi) is 7.62. The molecule has 170 valence electrons. The molecule has 1 aromatic carbocycles. The molecule has 0 atom stereocenters. The highest BCUT2D eigenvalue weighted by molar-refractivity contribution is 6.06. The van der Waals surface area contributed by atoms with E-state index in [1.54, 1.807) is 6.20 Å². The molecular formula is C25H33N5O2. The van der Waals surface area contributed by atoms with E-state index in [1.165, 1.54) is 5.56 Å². The number of aryl methyl sites for hydroxylation is 1. The van der Waals surface area contributed by atoms with Crippen molar-refractivity contribution in [2.45, 2.75) is 53.5 Å². The van der Waals surface area contributed by atoms with Crippen LogP contribution in [-0.4, -0.2) is 51.1 Å². The molecule has 3 aromatic rings. The van der Waals surface area contributed by atoms with Crippen molar-refractivity contribution in [3.8, 4) is 11.3 Å². The molecule has 0 aliphatic carbocycles. The van der Waals surface area contributed by atoms with Crippen LogP contribution in [0.1, 0.15) is 62.5 Å². The molecule has 0 unspecified atom stereocenters. The van der Waals surface area contributed by atoms with Crippen molar-refractivity contribution < 1.29 is 9.59 Å². The number of hydrogen-bond donors (Lipinski definition) is 1. The molecular weight excluding hydrogens is 402 g/mol. The van der Waals surface area contributed by atoms with E-state index in [2.05, 4.69) is 10.4 Å². The largest absolute Gasteiger partial charge is 0.352 e. The first-order valence-electron chi connectivity index (χ1n) is 11.4. The van der Waals surface area contributed by atoms with Crippen molar-refractivity contribution in [2.75, 3.05) is 19.6 Å². The summed E-state index contributed by atoms with van der Waals surface area (Å²) < 4.78 is 1.84. The standard InChI is InChI=1S/C25H33N5O2/c1-6-29(7-2)23(31)9-8-14-26-25(32)20-15-22(19-12-10-18(5)11-13-19)28-24-21(20)16-27-30(24)17(3)4/h10-13,15-17H,6-9,14H2,1-5H3,(H,26,32). The Morgan fingerprint density at radius 3 is 2.44 bits per heavy atom. The number of fused-ring (bicyclic) bond motifs is 1. The van der Waals surface area contributed by atoms with Crippen LogP contribution in [0.3, 0.4) is 0 Å². The summed E-state index contributed by atoms with van der Waals surface area (Å²) in [6, 6.07) is 10.0. The normalized spacial score (nSPS) is 11.2. The van der Waals surface area contributed by atoms with E-state index in [0.717, 1.165) is 16.6 Å². The van der Waals surface area contributed by atoms with Crippen LogP contribution in [-0.2, 0) is 4.79 Å². The molecule has 0 radical (unpaired) electrons. The Bertz CT molecular complexity index is 1080. The van der Waals surface area contributed by atoms with E-state index in [9.17, 15) is 9.59 Å². The number of nitrogens with zero attached hydrogens (tertiary/aromatic N) is 4. The lowest BCUT2D eigenvalue weighted by Gasteiger charge is -2.18. The van der Waals surface area contributed by atoms with Gasteiger partial charge in [0.25, 0.3) is 5.91 Å². The molecule has 0 saturated carbocycles. The molecule has 0 fully saturated rings. The monoisotopic (exact) mass is 435 g/mol. The SMILES string of the molecule is CCN(CC)C(=O)CCCNC(=O)c1cc(-c2ccc(C)cc2)nc2c1cnn2C(C)C. The number of nitrogens with one attached hydrogen (secondary N) is 1. The Balaban J connectivity index is 1.83. The third-order valence-electron chi connectivity index (χ3n) is 5.62. The first kappa shape index (κ1) is 23.4. The van der Waals surface area contributed by atoms with Crippen LogP contribution in [0.15, 0.2) is 36.5 Å². The second-order valence-electron chi connectivity index (χ2n) is 8.27. The lowest BCUT2D eigenvalue weighted by atomic mass is 10.0. The van der Waals surface area contributed by atoms with Crippen molar-refractivity contribution in [3.63, 3.8) is 0 Å². The van der Waals surface area contributed by atoms with Crippen LogP contribution in [0.4, 0.5) is 0 Å². The smallest absolute Gasteiger partial charge is 0.252 e. The van der Waals surface area contributed by atoms with Crippen molar-refractivity contribution in [2.24, 2.45) is 0 Å². The van der Waals surface area contributed by atoms with Gasteiger partial charge in [-0.3, -0.25) is 9.59 Å². The average Bonchev–Trinajstić information content (AvgIpc) is 3.21. The van der Waals surface area contributed by atoms with Gasteiger partial charge in [-0.1, -0.05) is 29.8 Å². The molecule has 7 heteroatoms. The van der Waals surface area contributed by atoms with Gasteiger partial charge >= 0.3 is 0 Å². The van der Waals surface area contributed by atoms with Crippen molar-refractivity contribution in [3.05, 3.63) is 47.7 Å². The predicted molar refractivity (Wildman–Crippen MR) is 128 cm³/mol. The van der Waals surface area contributed by atoms with Crippen LogP contribution in [0.25, 0.3) is 22.3 Å². The number of hydrogen-bond acceptors (Lipinski definition) is 4. The minimum absolute atomic E-state index is 0.121. The maximum absolute atomic E-state index is 13.1. The molecule has 1 N–H and O–H groups in total. The Labute approximate surface area is 189 Å². The number of pyridine rings is 1. The van der Waals surface area contributed by atoms with Gasteiger partial charge in [-0.2, -0.15) is 5.10 Å². The molecule has 7 nitrogen and oxygen atoms in total. The zero-order chi connectivity index (χ0) is 23.3. The highest BCUT2D eigenvalue weighted by Crippen LogP contribution is 2.26. The summed E-state index contributed by atoms with van der Waals surface area (Å²) in [6.07, 6.45) is 2.74. The number of benzene rings is 1. The Morgan fingerprint density at radius 1 is 1.12 bits per heavy atom. The van der Waals surface area contributed by atoms with Gasteiger partial charge in [-0.25, -0.2) is 9.67 Å². The fraction of sp³-hybridized carbons (Fsp3) is 0.440. The minimum Gasteiger partial charge on any atom is -0.352 e. The van der Waals surface area contributed by atoms with Crippen LogP contribution in [0.2, 0.25) is 0 Å². The summed E-state index contributed by atoms with van der Waals surface area (Å²) in [7, 11) is 0. The van der Waals surface area contributed by atoms with E-state index in [4.69, 9.17) is 4.98 Å².